The molecular weight excluding hydrogens is 265 g/mol. The maximum atomic E-state index is 13.4. The number of fused-ring (bicyclic) bond motifs is 1. The van der Waals surface area contributed by atoms with Crippen LogP contribution in [0.5, 0.6) is 5.75 Å². The van der Waals surface area contributed by atoms with Gasteiger partial charge in [0, 0.05) is 5.56 Å². The summed E-state index contributed by atoms with van der Waals surface area (Å²) in [6.07, 6.45) is 1.56. The lowest BCUT2D eigenvalue weighted by Gasteiger charge is -2.30. The van der Waals surface area contributed by atoms with Gasteiger partial charge in [-0.3, -0.25) is 0 Å². The van der Waals surface area contributed by atoms with Crippen LogP contribution in [-0.4, -0.2) is 7.11 Å². The lowest BCUT2D eigenvalue weighted by atomic mass is 9.81. The molecule has 0 aliphatic heterocycles. The molecule has 2 N–H and O–H groups in total. The van der Waals surface area contributed by atoms with Gasteiger partial charge in [-0.25, -0.2) is 4.39 Å². The molecule has 1 aliphatic carbocycles. The van der Waals surface area contributed by atoms with Gasteiger partial charge in [0.25, 0.3) is 0 Å². The van der Waals surface area contributed by atoms with E-state index in [-0.39, 0.29) is 5.82 Å². The van der Waals surface area contributed by atoms with Gasteiger partial charge in [0.2, 0.25) is 0 Å². The smallest absolute Gasteiger partial charge is 0.124 e. The summed E-state index contributed by atoms with van der Waals surface area (Å²) in [6.45, 7) is 4.10. The zero-order chi connectivity index (χ0) is 15.2. The van der Waals surface area contributed by atoms with Crippen LogP contribution in [0, 0.1) is 19.7 Å². The molecule has 1 aliphatic rings. The van der Waals surface area contributed by atoms with E-state index in [1.54, 1.807) is 13.2 Å². The Labute approximate surface area is 124 Å². The molecule has 0 bridgehead atoms. The van der Waals surface area contributed by atoms with Crippen LogP contribution in [-0.2, 0) is 12.0 Å². The molecule has 0 radical (unpaired) electrons. The predicted octanol–water partition coefficient (Wildman–Crippen LogP) is 3.60. The van der Waals surface area contributed by atoms with Gasteiger partial charge < -0.3 is 10.5 Å². The summed E-state index contributed by atoms with van der Waals surface area (Å²) in [7, 11) is 1.67. The highest BCUT2D eigenvalue weighted by Gasteiger charge is 2.39. The van der Waals surface area contributed by atoms with E-state index in [9.17, 15) is 4.39 Å². The number of halogens is 1. The van der Waals surface area contributed by atoms with Crippen LogP contribution in [0.25, 0.3) is 0 Å². The number of aryl methyl sites for hydroxylation is 3. The van der Waals surface area contributed by atoms with E-state index in [0.717, 1.165) is 46.4 Å². The van der Waals surface area contributed by atoms with Crippen LogP contribution < -0.4 is 10.5 Å². The van der Waals surface area contributed by atoms with E-state index in [1.807, 2.05) is 19.1 Å². The van der Waals surface area contributed by atoms with Gasteiger partial charge >= 0.3 is 0 Å². The lowest BCUT2D eigenvalue weighted by molar-refractivity contribution is 0.392. The zero-order valence-corrected chi connectivity index (χ0v) is 12.7. The Balaban J connectivity index is 2.23. The molecule has 0 spiro atoms. The third kappa shape index (κ3) is 2.12. The second-order valence-electron chi connectivity index (χ2n) is 5.93. The molecule has 3 rings (SSSR count). The van der Waals surface area contributed by atoms with Crippen LogP contribution >= 0.6 is 0 Å². The normalized spacial score (nSPS) is 20.4. The number of nitrogens with two attached hydrogens (primary N) is 1. The highest BCUT2D eigenvalue weighted by Crippen LogP contribution is 2.45. The molecule has 2 aromatic rings. The molecule has 0 aromatic heterocycles. The van der Waals surface area contributed by atoms with Crippen molar-refractivity contribution in [3.8, 4) is 5.75 Å². The molecule has 2 aromatic carbocycles. The number of hydrogen-bond acceptors (Lipinski definition) is 2. The van der Waals surface area contributed by atoms with E-state index in [0.29, 0.717) is 0 Å². The van der Waals surface area contributed by atoms with Gasteiger partial charge in [-0.2, -0.15) is 0 Å². The molecule has 110 valence electrons. The SMILES string of the molecule is COc1cc(C)cc(C)c1C1(N)CCc2cc(F)ccc21. The first-order chi connectivity index (χ1) is 9.95. The van der Waals surface area contributed by atoms with Crippen molar-refractivity contribution in [2.45, 2.75) is 32.2 Å². The van der Waals surface area contributed by atoms with Crippen LogP contribution in [0.2, 0.25) is 0 Å². The Morgan fingerprint density at radius 3 is 2.67 bits per heavy atom. The van der Waals surface area contributed by atoms with Crippen molar-refractivity contribution in [1.29, 1.82) is 0 Å². The van der Waals surface area contributed by atoms with Gasteiger partial charge in [0.05, 0.1) is 12.6 Å². The molecule has 1 unspecified atom stereocenters. The van der Waals surface area contributed by atoms with E-state index in [1.165, 1.54) is 6.07 Å². The van der Waals surface area contributed by atoms with E-state index < -0.39 is 5.54 Å². The predicted molar refractivity (Wildman–Crippen MR) is 82.2 cm³/mol. The summed E-state index contributed by atoms with van der Waals surface area (Å²) in [5, 5.41) is 0. The Kier molecular flexibility index (Phi) is 3.25. The maximum Gasteiger partial charge on any atom is 0.124 e. The average Bonchev–Trinajstić information content (AvgIpc) is 2.75. The fourth-order valence-corrected chi connectivity index (χ4v) is 3.59. The fraction of sp³-hybridized carbons (Fsp3) is 0.333. The van der Waals surface area contributed by atoms with E-state index >= 15 is 0 Å². The minimum atomic E-state index is -0.605. The molecule has 3 heteroatoms. The minimum absolute atomic E-state index is 0.203. The summed E-state index contributed by atoms with van der Waals surface area (Å²) in [6, 6.07) is 9.03. The molecule has 2 nitrogen and oxygen atoms in total. The van der Waals surface area contributed by atoms with Crippen LogP contribution in [0.3, 0.4) is 0 Å². The Morgan fingerprint density at radius 1 is 1.19 bits per heavy atom. The van der Waals surface area contributed by atoms with Crippen molar-refractivity contribution in [3.05, 3.63) is 64.0 Å². The van der Waals surface area contributed by atoms with Gasteiger partial charge in [-0.05, 0) is 67.1 Å². The van der Waals surface area contributed by atoms with Crippen molar-refractivity contribution in [3.63, 3.8) is 0 Å². The fourth-order valence-electron chi connectivity index (χ4n) is 3.59. The summed E-state index contributed by atoms with van der Waals surface area (Å²) >= 11 is 0. The maximum absolute atomic E-state index is 13.4. The lowest BCUT2D eigenvalue weighted by Crippen LogP contribution is -2.36. The first-order valence-corrected chi connectivity index (χ1v) is 7.19. The van der Waals surface area contributed by atoms with Gasteiger partial charge in [-0.15, -0.1) is 0 Å². The molecule has 0 fully saturated rings. The summed E-state index contributed by atoms with van der Waals surface area (Å²) in [5.41, 5.74) is 11.4. The van der Waals surface area contributed by atoms with E-state index in [2.05, 4.69) is 13.0 Å². The first kappa shape index (κ1) is 14.1. The third-order valence-electron chi connectivity index (χ3n) is 4.45. The highest BCUT2D eigenvalue weighted by molar-refractivity contribution is 5.55. The number of benzene rings is 2. The van der Waals surface area contributed by atoms with Gasteiger partial charge in [0.15, 0.2) is 0 Å². The largest absolute Gasteiger partial charge is 0.496 e. The molecule has 0 saturated heterocycles. The van der Waals surface area contributed by atoms with Crippen molar-refractivity contribution in [1.82, 2.24) is 0 Å². The van der Waals surface area contributed by atoms with Crippen molar-refractivity contribution < 1.29 is 9.13 Å². The molecule has 0 amide bonds. The van der Waals surface area contributed by atoms with Crippen molar-refractivity contribution >= 4 is 0 Å². The minimum Gasteiger partial charge on any atom is -0.496 e. The highest BCUT2D eigenvalue weighted by atomic mass is 19.1. The quantitative estimate of drug-likeness (QED) is 0.915. The Hall–Kier alpha value is -1.87. The van der Waals surface area contributed by atoms with Crippen LogP contribution in [0.4, 0.5) is 4.39 Å². The number of rotatable bonds is 2. The molecule has 0 heterocycles. The van der Waals surface area contributed by atoms with Crippen molar-refractivity contribution in [2.24, 2.45) is 5.73 Å². The number of hydrogen-bond donors (Lipinski definition) is 1. The Morgan fingerprint density at radius 2 is 1.95 bits per heavy atom. The topological polar surface area (TPSA) is 35.2 Å². The second-order valence-corrected chi connectivity index (χ2v) is 5.93. The number of ether oxygens (including phenoxy) is 1. The number of methoxy groups -OCH3 is 1. The molecule has 1 atom stereocenters. The van der Waals surface area contributed by atoms with Gasteiger partial charge in [0.1, 0.15) is 11.6 Å². The summed E-state index contributed by atoms with van der Waals surface area (Å²) < 4.78 is 19.0. The standard InChI is InChI=1S/C18H20FNO/c1-11-8-12(2)17(16(9-11)21-3)18(20)7-6-13-10-14(19)4-5-15(13)18/h4-5,8-10H,6-7,20H2,1-3H3. The van der Waals surface area contributed by atoms with Crippen molar-refractivity contribution in [2.75, 3.05) is 7.11 Å². The molecular formula is C18H20FNO. The molecule has 21 heavy (non-hydrogen) atoms. The summed E-state index contributed by atoms with van der Waals surface area (Å²) in [5.74, 6) is 0.609. The Bertz CT molecular complexity index is 711. The average molecular weight is 285 g/mol. The molecule has 0 saturated carbocycles. The second kappa shape index (κ2) is 4.85. The van der Waals surface area contributed by atoms with Crippen LogP contribution in [0.15, 0.2) is 30.3 Å². The third-order valence-corrected chi connectivity index (χ3v) is 4.45. The summed E-state index contributed by atoms with van der Waals surface area (Å²) in [4.78, 5) is 0. The zero-order valence-electron chi connectivity index (χ0n) is 12.7. The van der Waals surface area contributed by atoms with Crippen LogP contribution in [0.1, 0.15) is 34.2 Å². The van der Waals surface area contributed by atoms with Gasteiger partial charge in [-0.1, -0.05) is 12.1 Å². The first-order valence-electron chi connectivity index (χ1n) is 7.19. The monoisotopic (exact) mass is 285 g/mol. The van der Waals surface area contributed by atoms with E-state index in [4.69, 9.17) is 10.5 Å².